The van der Waals surface area contributed by atoms with Crippen LogP contribution in [0.25, 0.3) is 0 Å². The lowest BCUT2D eigenvalue weighted by Crippen LogP contribution is -2.37. The van der Waals surface area contributed by atoms with Crippen molar-refractivity contribution in [3.05, 3.63) is 0 Å². The van der Waals surface area contributed by atoms with Crippen LogP contribution in [0.2, 0.25) is 0 Å². The molecule has 7 nitrogen and oxygen atoms in total. The van der Waals surface area contributed by atoms with Gasteiger partial charge in [-0.3, -0.25) is 0 Å². The van der Waals surface area contributed by atoms with E-state index in [0.717, 1.165) is 72.0 Å². The van der Waals surface area contributed by atoms with E-state index in [1.807, 2.05) is 0 Å². The van der Waals surface area contributed by atoms with Crippen molar-refractivity contribution in [2.45, 2.75) is 84.0 Å². The summed E-state index contributed by atoms with van der Waals surface area (Å²) < 4.78 is 0. The smallest absolute Gasteiger partial charge is 0.00772 e. The van der Waals surface area contributed by atoms with Crippen molar-refractivity contribution in [1.82, 2.24) is 31.9 Å². The summed E-state index contributed by atoms with van der Waals surface area (Å²) in [5.41, 5.74) is 5.43. The maximum absolute atomic E-state index is 5.43. The second kappa shape index (κ2) is 31.7. The van der Waals surface area contributed by atoms with Gasteiger partial charge in [0.25, 0.3) is 0 Å². The minimum Gasteiger partial charge on any atom is -0.329 e. The lowest BCUT2D eigenvalue weighted by molar-refractivity contribution is 0.528. The van der Waals surface area contributed by atoms with Crippen LogP contribution in [-0.4, -0.2) is 85.1 Å². The summed E-state index contributed by atoms with van der Waals surface area (Å²) >= 11 is 0. The number of hydrogen-bond acceptors (Lipinski definition) is 7. The van der Waals surface area contributed by atoms with Crippen molar-refractivity contribution in [3.8, 4) is 0 Å². The Kier molecular flexibility index (Phi) is 31.5. The Morgan fingerprint density at radius 2 is 0.606 bits per heavy atom. The molecule has 0 unspecified atom stereocenters. The third-order valence-electron chi connectivity index (χ3n) is 5.92. The third-order valence-corrected chi connectivity index (χ3v) is 5.92. The molecule has 0 aromatic carbocycles. The normalized spacial score (nSPS) is 11.5. The summed E-state index contributed by atoms with van der Waals surface area (Å²) in [6.45, 7) is 15.3. The number of unbranched alkanes of at least 4 members (excludes halogenated alkanes) is 11. The van der Waals surface area contributed by atoms with Crippen LogP contribution in [0.5, 0.6) is 0 Å². The topological polar surface area (TPSA) is 98.2 Å². The van der Waals surface area contributed by atoms with Gasteiger partial charge in [-0.05, 0) is 13.0 Å². The fourth-order valence-corrected chi connectivity index (χ4v) is 3.83. The molecule has 200 valence electrons. The van der Waals surface area contributed by atoms with E-state index >= 15 is 0 Å². The fraction of sp³-hybridized carbons (Fsp3) is 1.00. The molecule has 0 rings (SSSR count). The van der Waals surface area contributed by atoms with E-state index in [-0.39, 0.29) is 0 Å². The lowest BCUT2D eigenvalue weighted by Gasteiger charge is -2.09. The van der Waals surface area contributed by atoms with Crippen LogP contribution in [0.1, 0.15) is 84.0 Å². The van der Waals surface area contributed by atoms with Gasteiger partial charge in [-0.25, -0.2) is 0 Å². The van der Waals surface area contributed by atoms with E-state index in [0.29, 0.717) is 6.54 Å². The number of hydrogen-bond donors (Lipinski definition) is 7. The molecule has 0 aromatic heterocycles. The SMILES string of the molecule is CCCCCCCCCCCCCCNCCNCCNCCNCCNCCNCCN. The molecule has 0 spiro atoms. The first-order valence-electron chi connectivity index (χ1n) is 14.4. The number of rotatable bonds is 30. The molecule has 0 saturated carbocycles. The molecule has 7 heteroatoms. The van der Waals surface area contributed by atoms with Crippen molar-refractivity contribution in [1.29, 1.82) is 0 Å². The maximum atomic E-state index is 5.43. The van der Waals surface area contributed by atoms with E-state index in [1.54, 1.807) is 0 Å². The van der Waals surface area contributed by atoms with Gasteiger partial charge < -0.3 is 37.6 Å². The van der Waals surface area contributed by atoms with Crippen LogP contribution in [0.15, 0.2) is 0 Å². The fourth-order valence-electron chi connectivity index (χ4n) is 3.83. The van der Waals surface area contributed by atoms with Crippen LogP contribution in [-0.2, 0) is 0 Å². The maximum Gasteiger partial charge on any atom is 0.00772 e. The van der Waals surface area contributed by atoms with Gasteiger partial charge in [-0.1, -0.05) is 77.6 Å². The average molecular weight is 472 g/mol. The Bertz CT molecular complexity index is 302. The molecule has 0 aliphatic carbocycles. The predicted octanol–water partition coefficient (Wildman–Crippen LogP) is 2.18. The van der Waals surface area contributed by atoms with Crippen LogP contribution < -0.4 is 37.6 Å². The van der Waals surface area contributed by atoms with Gasteiger partial charge in [0, 0.05) is 78.5 Å². The van der Waals surface area contributed by atoms with E-state index in [1.165, 1.54) is 83.6 Å². The van der Waals surface area contributed by atoms with E-state index in [4.69, 9.17) is 5.73 Å². The van der Waals surface area contributed by atoms with Gasteiger partial charge in [0.15, 0.2) is 0 Å². The first-order valence-corrected chi connectivity index (χ1v) is 14.4. The highest BCUT2D eigenvalue weighted by molar-refractivity contribution is 4.59. The van der Waals surface area contributed by atoms with Crippen molar-refractivity contribution in [2.24, 2.45) is 5.73 Å². The molecule has 0 bridgehead atoms. The summed E-state index contributed by atoms with van der Waals surface area (Å²) in [4.78, 5) is 0. The predicted molar refractivity (Wildman–Crippen MR) is 147 cm³/mol. The summed E-state index contributed by atoms with van der Waals surface area (Å²) in [6, 6.07) is 0. The molecule has 8 N–H and O–H groups in total. The van der Waals surface area contributed by atoms with Gasteiger partial charge in [0.05, 0.1) is 0 Å². The molecular weight excluding hydrogens is 410 g/mol. The molecule has 33 heavy (non-hydrogen) atoms. The lowest BCUT2D eigenvalue weighted by atomic mass is 10.1. The molecule has 0 amide bonds. The monoisotopic (exact) mass is 471 g/mol. The third kappa shape index (κ3) is 31.7. The molecule has 0 aromatic rings. The Balaban J connectivity index is 2.99. The first kappa shape index (κ1) is 32.7. The summed E-state index contributed by atoms with van der Waals surface area (Å²) in [5, 5.41) is 20.7. The molecule has 0 heterocycles. The highest BCUT2D eigenvalue weighted by Crippen LogP contribution is 2.11. The van der Waals surface area contributed by atoms with Crippen LogP contribution >= 0.6 is 0 Å². The van der Waals surface area contributed by atoms with Crippen molar-refractivity contribution in [2.75, 3.05) is 85.1 Å². The highest BCUT2D eigenvalue weighted by Gasteiger charge is 1.94. The van der Waals surface area contributed by atoms with Gasteiger partial charge in [0.2, 0.25) is 0 Å². The average Bonchev–Trinajstić information content (AvgIpc) is 2.83. The number of nitrogens with one attached hydrogen (secondary N) is 6. The second-order valence-electron chi connectivity index (χ2n) is 9.18. The Hall–Kier alpha value is -0.280. The molecule has 0 fully saturated rings. The van der Waals surface area contributed by atoms with Gasteiger partial charge >= 0.3 is 0 Å². The Labute approximate surface area is 207 Å². The van der Waals surface area contributed by atoms with Crippen molar-refractivity contribution in [3.63, 3.8) is 0 Å². The standard InChI is InChI=1S/C26H61N7/c1-2-3-4-5-6-7-8-9-10-11-12-13-15-28-17-19-30-21-23-32-25-26-33-24-22-31-20-18-29-16-14-27/h28-33H,2-27H2,1H3. The van der Waals surface area contributed by atoms with E-state index < -0.39 is 0 Å². The molecule has 0 aliphatic rings. The first-order chi connectivity index (χ1) is 16.4. The minimum absolute atomic E-state index is 0.709. The van der Waals surface area contributed by atoms with Gasteiger partial charge in [-0.15, -0.1) is 0 Å². The molecule has 0 aliphatic heterocycles. The Morgan fingerprint density at radius 3 is 0.939 bits per heavy atom. The summed E-state index contributed by atoms with van der Waals surface area (Å²) in [5.74, 6) is 0. The minimum atomic E-state index is 0.709. The zero-order chi connectivity index (χ0) is 23.9. The summed E-state index contributed by atoms with van der Waals surface area (Å²) in [6.07, 6.45) is 17.1. The largest absolute Gasteiger partial charge is 0.329 e. The second-order valence-corrected chi connectivity index (χ2v) is 9.18. The van der Waals surface area contributed by atoms with Gasteiger partial charge in [-0.2, -0.15) is 0 Å². The van der Waals surface area contributed by atoms with Crippen molar-refractivity contribution >= 4 is 0 Å². The van der Waals surface area contributed by atoms with Crippen molar-refractivity contribution < 1.29 is 0 Å². The van der Waals surface area contributed by atoms with Crippen LogP contribution in [0.3, 0.4) is 0 Å². The highest BCUT2D eigenvalue weighted by atomic mass is 15.0. The zero-order valence-electron chi connectivity index (χ0n) is 22.3. The Morgan fingerprint density at radius 1 is 0.333 bits per heavy atom. The quantitative estimate of drug-likeness (QED) is 0.0807. The summed E-state index contributed by atoms with van der Waals surface area (Å²) in [7, 11) is 0. The van der Waals surface area contributed by atoms with Gasteiger partial charge in [0.1, 0.15) is 0 Å². The zero-order valence-corrected chi connectivity index (χ0v) is 22.3. The molecule has 0 saturated heterocycles. The molecule has 0 atom stereocenters. The van der Waals surface area contributed by atoms with Crippen LogP contribution in [0.4, 0.5) is 0 Å². The molecular formula is C26H61N7. The van der Waals surface area contributed by atoms with E-state index in [2.05, 4.69) is 38.8 Å². The number of nitrogens with two attached hydrogens (primary N) is 1. The van der Waals surface area contributed by atoms with E-state index in [9.17, 15) is 0 Å². The molecule has 0 radical (unpaired) electrons. The van der Waals surface area contributed by atoms with Crippen LogP contribution in [0, 0.1) is 0 Å².